The van der Waals surface area contributed by atoms with Gasteiger partial charge in [-0.2, -0.15) is 0 Å². The first-order valence-electron chi connectivity index (χ1n) is 7.50. The zero-order chi connectivity index (χ0) is 16.8. The van der Waals surface area contributed by atoms with Gasteiger partial charge in [0.1, 0.15) is 0 Å². The van der Waals surface area contributed by atoms with E-state index in [4.69, 9.17) is 11.6 Å². The van der Waals surface area contributed by atoms with Gasteiger partial charge in [-0.1, -0.05) is 41.9 Å². The molecule has 3 aromatic rings. The number of halogens is 1. The monoisotopic (exact) mass is 336 g/mol. The SMILES string of the molecule is Cc1[nH]c2ccccc2c1C1=C(c2cccc(Cl)c2)C(=O)NC1=O. The second-order valence-electron chi connectivity index (χ2n) is 5.71. The molecule has 2 amide bonds. The normalized spacial score (nSPS) is 14.6. The Morgan fingerprint density at radius 1 is 0.917 bits per heavy atom. The van der Waals surface area contributed by atoms with Gasteiger partial charge in [-0.25, -0.2) is 0 Å². The molecule has 0 radical (unpaired) electrons. The van der Waals surface area contributed by atoms with Crippen molar-refractivity contribution < 1.29 is 9.59 Å². The molecule has 2 aromatic carbocycles. The first kappa shape index (κ1) is 14.7. The lowest BCUT2D eigenvalue weighted by Crippen LogP contribution is -2.22. The van der Waals surface area contributed by atoms with Gasteiger partial charge in [0.05, 0.1) is 11.1 Å². The Bertz CT molecular complexity index is 1050. The third-order valence-electron chi connectivity index (χ3n) is 4.19. The fraction of sp³-hybridized carbons (Fsp3) is 0.0526. The molecule has 4 nitrogen and oxygen atoms in total. The summed E-state index contributed by atoms with van der Waals surface area (Å²) >= 11 is 6.06. The van der Waals surface area contributed by atoms with Crippen LogP contribution < -0.4 is 5.32 Å². The number of aromatic amines is 1. The van der Waals surface area contributed by atoms with Crippen LogP contribution in [0.5, 0.6) is 0 Å². The predicted molar refractivity (Wildman–Crippen MR) is 94.5 cm³/mol. The van der Waals surface area contributed by atoms with Gasteiger partial charge in [-0.05, 0) is 30.7 Å². The van der Waals surface area contributed by atoms with Crippen LogP contribution in [0.2, 0.25) is 5.02 Å². The number of carbonyl (C=O) groups excluding carboxylic acids is 2. The number of carbonyl (C=O) groups is 2. The molecule has 2 N–H and O–H groups in total. The Morgan fingerprint density at radius 3 is 2.46 bits per heavy atom. The van der Waals surface area contributed by atoms with E-state index < -0.39 is 5.91 Å². The maximum Gasteiger partial charge on any atom is 0.259 e. The maximum absolute atomic E-state index is 12.5. The molecule has 1 aliphatic rings. The summed E-state index contributed by atoms with van der Waals surface area (Å²) in [5.74, 6) is -0.787. The molecular formula is C19H13ClN2O2. The van der Waals surface area contributed by atoms with Crippen molar-refractivity contribution in [2.45, 2.75) is 6.92 Å². The zero-order valence-electron chi connectivity index (χ0n) is 12.8. The van der Waals surface area contributed by atoms with Gasteiger partial charge < -0.3 is 4.98 Å². The summed E-state index contributed by atoms with van der Waals surface area (Å²) in [7, 11) is 0. The second kappa shape index (κ2) is 5.35. The van der Waals surface area contributed by atoms with Gasteiger partial charge in [0.25, 0.3) is 11.8 Å². The van der Waals surface area contributed by atoms with Crippen LogP contribution in [-0.2, 0) is 9.59 Å². The minimum absolute atomic E-state index is 0.357. The number of nitrogens with one attached hydrogen (secondary N) is 2. The molecule has 0 fully saturated rings. The summed E-state index contributed by atoms with van der Waals surface area (Å²) < 4.78 is 0. The quantitative estimate of drug-likeness (QED) is 0.701. The predicted octanol–water partition coefficient (Wildman–Crippen LogP) is 3.70. The maximum atomic E-state index is 12.5. The molecule has 118 valence electrons. The topological polar surface area (TPSA) is 62.0 Å². The van der Waals surface area contributed by atoms with Gasteiger partial charge in [0.2, 0.25) is 0 Å². The molecule has 0 spiro atoms. The van der Waals surface area contributed by atoms with Gasteiger partial charge in [0, 0.05) is 27.2 Å². The van der Waals surface area contributed by atoms with Crippen LogP contribution in [0.25, 0.3) is 22.0 Å². The molecule has 24 heavy (non-hydrogen) atoms. The number of rotatable bonds is 2. The standard InChI is InChI=1S/C19H13ClN2O2/c1-10-15(13-7-2-3-8-14(13)21-10)17-16(18(23)22-19(17)24)11-5-4-6-12(20)9-11/h2-9,21H,1H3,(H,22,23,24). The van der Waals surface area contributed by atoms with Crippen molar-refractivity contribution in [2.75, 3.05) is 0 Å². The van der Waals surface area contributed by atoms with Gasteiger partial charge >= 0.3 is 0 Å². The summed E-state index contributed by atoms with van der Waals surface area (Å²) in [5, 5.41) is 3.83. The van der Waals surface area contributed by atoms with E-state index in [1.54, 1.807) is 24.3 Å². The van der Waals surface area contributed by atoms with E-state index >= 15 is 0 Å². The number of hydrogen-bond acceptors (Lipinski definition) is 2. The number of H-pyrrole nitrogens is 1. The lowest BCUT2D eigenvalue weighted by molar-refractivity contribution is -0.122. The summed E-state index contributed by atoms with van der Waals surface area (Å²) in [6.07, 6.45) is 0. The number of hydrogen-bond donors (Lipinski definition) is 2. The van der Waals surface area contributed by atoms with Gasteiger partial charge in [0.15, 0.2) is 0 Å². The van der Waals surface area contributed by atoms with Crippen molar-refractivity contribution in [3.05, 3.63) is 70.4 Å². The number of fused-ring (bicyclic) bond motifs is 1. The smallest absolute Gasteiger partial charge is 0.259 e. The van der Waals surface area contributed by atoms with Crippen molar-refractivity contribution in [3.8, 4) is 0 Å². The minimum Gasteiger partial charge on any atom is -0.358 e. The Morgan fingerprint density at radius 2 is 1.67 bits per heavy atom. The number of imide groups is 1. The largest absolute Gasteiger partial charge is 0.358 e. The van der Waals surface area contributed by atoms with E-state index in [-0.39, 0.29) is 5.91 Å². The number of benzene rings is 2. The van der Waals surface area contributed by atoms with E-state index in [2.05, 4.69) is 10.3 Å². The molecule has 0 saturated carbocycles. The van der Waals surface area contributed by atoms with Crippen LogP contribution in [0.15, 0.2) is 48.5 Å². The van der Waals surface area contributed by atoms with Crippen LogP contribution in [0.4, 0.5) is 0 Å². The van der Waals surface area contributed by atoms with Gasteiger partial charge in [-0.3, -0.25) is 14.9 Å². The van der Waals surface area contributed by atoms with Gasteiger partial charge in [-0.15, -0.1) is 0 Å². The van der Waals surface area contributed by atoms with Crippen LogP contribution in [0, 0.1) is 6.92 Å². The fourth-order valence-electron chi connectivity index (χ4n) is 3.21. The first-order valence-corrected chi connectivity index (χ1v) is 7.87. The van der Waals surface area contributed by atoms with Crippen molar-refractivity contribution in [3.63, 3.8) is 0 Å². The van der Waals surface area contributed by atoms with Crippen molar-refractivity contribution in [2.24, 2.45) is 0 Å². The van der Waals surface area contributed by atoms with Crippen molar-refractivity contribution in [1.29, 1.82) is 0 Å². The summed E-state index contributed by atoms with van der Waals surface area (Å²) in [5.41, 5.74) is 3.90. The van der Waals surface area contributed by atoms with Crippen LogP contribution in [0.3, 0.4) is 0 Å². The Hall–Kier alpha value is -2.85. The number of aromatic nitrogens is 1. The van der Waals surface area contributed by atoms with E-state index in [9.17, 15) is 9.59 Å². The van der Waals surface area contributed by atoms with Crippen molar-refractivity contribution >= 4 is 45.5 Å². The molecule has 1 aliphatic heterocycles. The number of para-hydroxylation sites is 1. The molecular weight excluding hydrogens is 324 g/mol. The van der Waals surface area contributed by atoms with E-state index in [1.807, 2.05) is 31.2 Å². The molecule has 4 rings (SSSR count). The lowest BCUT2D eigenvalue weighted by Gasteiger charge is -2.06. The van der Waals surface area contributed by atoms with E-state index in [1.165, 1.54) is 0 Å². The first-order chi connectivity index (χ1) is 11.6. The molecule has 2 heterocycles. The average molecular weight is 337 g/mol. The van der Waals surface area contributed by atoms with Crippen molar-refractivity contribution in [1.82, 2.24) is 10.3 Å². The average Bonchev–Trinajstić information content (AvgIpc) is 3.02. The second-order valence-corrected chi connectivity index (χ2v) is 6.15. The van der Waals surface area contributed by atoms with E-state index in [0.717, 1.165) is 22.2 Å². The zero-order valence-corrected chi connectivity index (χ0v) is 13.6. The highest BCUT2D eigenvalue weighted by Gasteiger charge is 2.34. The highest BCUT2D eigenvalue weighted by atomic mass is 35.5. The Labute approximate surface area is 143 Å². The Kier molecular flexibility index (Phi) is 3.28. The number of aryl methyl sites for hydroxylation is 1. The van der Waals surface area contributed by atoms with E-state index in [0.29, 0.717) is 21.7 Å². The number of amides is 2. The minimum atomic E-state index is -0.401. The van der Waals surface area contributed by atoms with Crippen LogP contribution >= 0.6 is 11.6 Å². The molecule has 0 atom stereocenters. The van der Waals surface area contributed by atoms with Crippen LogP contribution in [-0.4, -0.2) is 16.8 Å². The highest BCUT2D eigenvalue weighted by Crippen LogP contribution is 2.37. The lowest BCUT2D eigenvalue weighted by atomic mass is 9.94. The third kappa shape index (κ3) is 2.15. The summed E-state index contributed by atoms with van der Waals surface area (Å²) in [6.45, 7) is 1.90. The molecule has 0 bridgehead atoms. The molecule has 5 heteroatoms. The molecule has 0 aliphatic carbocycles. The highest BCUT2D eigenvalue weighted by molar-refractivity contribution is 6.50. The molecule has 1 aromatic heterocycles. The fourth-order valence-corrected chi connectivity index (χ4v) is 3.40. The third-order valence-corrected chi connectivity index (χ3v) is 4.42. The Balaban J connectivity index is 2.07. The van der Waals surface area contributed by atoms with Crippen LogP contribution in [0.1, 0.15) is 16.8 Å². The summed E-state index contributed by atoms with van der Waals surface area (Å²) in [6, 6.07) is 14.7. The molecule has 0 saturated heterocycles. The summed E-state index contributed by atoms with van der Waals surface area (Å²) in [4.78, 5) is 28.2. The molecule has 0 unspecified atom stereocenters.